The van der Waals surface area contributed by atoms with Crippen molar-refractivity contribution in [2.45, 2.75) is 41.6 Å². The van der Waals surface area contributed by atoms with Gasteiger partial charge in [0, 0.05) is 17.5 Å². The molecule has 3 nitrogen and oxygen atoms in total. The number of nitrogens with zero attached hydrogens (tertiary/aromatic N) is 2. The van der Waals surface area contributed by atoms with E-state index in [0.717, 1.165) is 19.8 Å². The summed E-state index contributed by atoms with van der Waals surface area (Å²) >= 11 is 3.11. The summed E-state index contributed by atoms with van der Waals surface area (Å²) in [6.45, 7) is 2.64. The van der Waals surface area contributed by atoms with Gasteiger partial charge in [0.15, 0.2) is 4.34 Å². The Morgan fingerprint density at radius 1 is 1.42 bits per heavy atom. The largest absolute Gasteiger partial charge is 0.310 e. The summed E-state index contributed by atoms with van der Waals surface area (Å²) in [4.78, 5) is 1.05. The molecule has 1 aromatic carbocycles. The molecular formula is C13H14FN3S2. The molecule has 1 aliphatic rings. The highest BCUT2D eigenvalue weighted by Gasteiger charge is 2.20. The Balaban J connectivity index is 1.77. The molecule has 0 unspecified atom stereocenters. The molecule has 6 heteroatoms. The van der Waals surface area contributed by atoms with Crippen LogP contribution in [0.3, 0.4) is 0 Å². The van der Waals surface area contributed by atoms with E-state index in [9.17, 15) is 4.39 Å². The summed E-state index contributed by atoms with van der Waals surface area (Å²) in [5.41, 5.74) is 0.991. The first kappa shape index (κ1) is 13.0. The van der Waals surface area contributed by atoms with Crippen LogP contribution in [0.15, 0.2) is 27.4 Å². The Kier molecular flexibility index (Phi) is 3.81. The lowest BCUT2D eigenvalue weighted by Crippen LogP contribution is -2.15. The van der Waals surface area contributed by atoms with Crippen LogP contribution in [-0.4, -0.2) is 16.2 Å². The smallest absolute Gasteiger partial charge is 0.179 e. The van der Waals surface area contributed by atoms with Crippen molar-refractivity contribution in [3.05, 3.63) is 34.6 Å². The van der Waals surface area contributed by atoms with Crippen LogP contribution in [0.1, 0.15) is 23.4 Å². The Morgan fingerprint density at radius 3 is 2.95 bits per heavy atom. The number of halogens is 1. The summed E-state index contributed by atoms with van der Waals surface area (Å²) < 4.78 is 14.3. The lowest BCUT2D eigenvalue weighted by molar-refractivity contribution is 0.616. The fraction of sp³-hybridized carbons (Fsp3) is 0.385. The Hall–Kier alpha value is -0.980. The molecule has 100 valence electrons. The van der Waals surface area contributed by atoms with Gasteiger partial charge in [-0.15, -0.1) is 10.2 Å². The lowest BCUT2D eigenvalue weighted by Gasteiger charge is -2.08. The summed E-state index contributed by atoms with van der Waals surface area (Å²) in [6.07, 6.45) is 2.46. The number of aryl methyl sites for hydroxylation is 1. The zero-order chi connectivity index (χ0) is 13.2. The van der Waals surface area contributed by atoms with E-state index < -0.39 is 0 Å². The highest BCUT2D eigenvalue weighted by atomic mass is 32.2. The van der Waals surface area contributed by atoms with Crippen molar-refractivity contribution in [2.75, 3.05) is 0 Å². The third-order valence-corrected chi connectivity index (χ3v) is 4.89. The van der Waals surface area contributed by atoms with Crippen LogP contribution >= 0.6 is 23.1 Å². The van der Waals surface area contributed by atoms with Gasteiger partial charge in [-0.3, -0.25) is 0 Å². The zero-order valence-electron chi connectivity index (χ0n) is 10.5. The number of hydrogen-bond donors (Lipinski definition) is 1. The van der Waals surface area contributed by atoms with E-state index >= 15 is 0 Å². The summed E-state index contributed by atoms with van der Waals surface area (Å²) in [6, 6.07) is 5.54. The van der Waals surface area contributed by atoms with Gasteiger partial charge in [-0.25, -0.2) is 4.39 Å². The van der Waals surface area contributed by atoms with Crippen LogP contribution in [-0.2, 0) is 6.54 Å². The fourth-order valence-electron chi connectivity index (χ4n) is 1.74. The molecule has 1 saturated carbocycles. The number of nitrogens with one attached hydrogen (secondary N) is 1. The van der Waals surface area contributed by atoms with Crippen molar-refractivity contribution in [1.29, 1.82) is 0 Å². The van der Waals surface area contributed by atoms with Gasteiger partial charge in [0.25, 0.3) is 0 Å². The molecule has 0 saturated heterocycles. The Labute approximate surface area is 119 Å². The summed E-state index contributed by atoms with van der Waals surface area (Å²) in [5, 5.41) is 12.5. The quantitative estimate of drug-likeness (QED) is 0.917. The molecule has 0 bridgehead atoms. The monoisotopic (exact) mass is 295 g/mol. The minimum absolute atomic E-state index is 0.189. The van der Waals surface area contributed by atoms with E-state index in [2.05, 4.69) is 15.5 Å². The molecule has 0 atom stereocenters. The molecular weight excluding hydrogens is 281 g/mol. The predicted octanol–water partition coefficient (Wildman–Crippen LogP) is 3.39. The van der Waals surface area contributed by atoms with Crippen molar-refractivity contribution in [3.8, 4) is 0 Å². The molecule has 1 aromatic heterocycles. The number of rotatable bonds is 5. The van der Waals surface area contributed by atoms with Gasteiger partial charge < -0.3 is 5.32 Å². The maximum absolute atomic E-state index is 13.4. The van der Waals surface area contributed by atoms with Gasteiger partial charge in [-0.05, 0) is 43.5 Å². The highest BCUT2D eigenvalue weighted by molar-refractivity contribution is 8.01. The van der Waals surface area contributed by atoms with Crippen molar-refractivity contribution < 1.29 is 4.39 Å². The molecule has 0 spiro atoms. The van der Waals surface area contributed by atoms with Crippen LogP contribution in [0.5, 0.6) is 0 Å². The van der Waals surface area contributed by atoms with E-state index in [-0.39, 0.29) is 5.82 Å². The SMILES string of the molecule is Cc1nnc(Sc2ccc(F)cc2CNC2CC2)s1. The van der Waals surface area contributed by atoms with Crippen LogP contribution in [0.25, 0.3) is 0 Å². The molecule has 19 heavy (non-hydrogen) atoms. The summed E-state index contributed by atoms with van der Waals surface area (Å²) in [5.74, 6) is -0.189. The van der Waals surface area contributed by atoms with Crippen LogP contribution in [0.4, 0.5) is 4.39 Å². The van der Waals surface area contributed by atoms with Gasteiger partial charge >= 0.3 is 0 Å². The molecule has 0 amide bonds. The van der Waals surface area contributed by atoms with Crippen LogP contribution in [0, 0.1) is 12.7 Å². The van der Waals surface area contributed by atoms with E-state index in [4.69, 9.17) is 0 Å². The molecule has 3 rings (SSSR count). The number of aromatic nitrogens is 2. The van der Waals surface area contributed by atoms with Gasteiger partial charge in [0.1, 0.15) is 10.8 Å². The molecule has 0 radical (unpaired) electrons. The van der Waals surface area contributed by atoms with Crippen molar-refractivity contribution in [3.63, 3.8) is 0 Å². The first-order valence-corrected chi connectivity index (χ1v) is 7.84. The second-order valence-electron chi connectivity index (χ2n) is 4.60. The number of benzene rings is 1. The molecule has 1 N–H and O–H groups in total. The Morgan fingerprint density at radius 2 is 2.26 bits per heavy atom. The topological polar surface area (TPSA) is 37.8 Å². The van der Waals surface area contributed by atoms with Gasteiger partial charge in [-0.1, -0.05) is 23.1 Å². The van der Waals surface area contributed by atoms with Gasteiger partial charge in [0.05, 0.1) is 0 Å². The molecule has 1 aliphatic carbocycles. The molecule has 2 aromatic rings. The van der Waals surface area contributed by atoms with Crippen molar-refractivity contribution >= 4 is 23.1 Å². The zero-order valence-corrected chi connectivity index (χ0v) is 12.2. The average Bonchev–Trinajstić information content (AvgIpc) is 3.13. The van der Waals surface area contributed by atoms with Crippen molar-refractivity contribution in [1.82, 2.24) is 15.5 Å². The third kappa shape index (κ3) is 3.52. The van der Waals surface area contributed by atoms with Gasteiger partial charge in [-0.2, -0.15) is 0 Å². The van der Waals surface area contributed by atoms with E-state index in [0.29, 0.717) is 12.6 Å². The third-order valence-electron chi connectivity index (χ3n) is 2.89. The van der Waals surface area contributed by atoms with Crippen LogP contribution in [0.2, 0.25) is 0 Å². The maximum atomic E-state index is 13.4. The highest BCUT2D eigenvalue weighted by Crippen LogP contribution is 2.33. The molecule has 0 aliphatic heterocycles. The average molecular weight is 295 g/mol. The molecule has 1 heterocycles. The fourth-order valence-corrected chi connectivity index (χ4v) is 3.62. The Bertz CT molecular complexity index is 581. The second kappa shape index (κ2) is 5.56. The minimum atomic E-state index is -0.189. The maximum Gasteiger partial charge on any atom is 0.179 e. The van der Waals surface area contributed by atoms with Gasteiger partial charge in [0.2, 0.25) is 0 Å². The van der Waals surface area contributed by atoms with E-state index in [1.165, 1.54) is 18.9 Å². The van der Waals surface area contributed by atoms with Crippen LogP contribution < -0.4 is 5.32 Å². The molecule has 1 fully saturated rings. The second-order valence-corrected chi connectivity index (χ2v) is 7.07. The first-order valence-electron chi connectivity index (χ1n) is 6.20. The normalized spacial score (nSPS) is 14.8. The van der Waals surface area contributed by atoms with Crippen molar-refractivity contribution in [2.24, 2.45) is 0 Å². The van der Waals surface area contributed by atoms with E-state index in [1.807, 2.05) is 13.0 Å². The minimum Gasteiger partial charge on any atom is -0.310 e. The number of hydrogen-bond acceptors (Lipinski definition) is 5. The standard InChI is InChI=1S/C13H14FN3S2/c1-8-16-17-13(18-8)19-12-5-2-10(14)6-9(12)7-15-11-3-4-11/h2,5-6,11,15H,3-4,7H2,1H3. The first-order chi connectivity index (χ1) is 9.20. The lowest BCUT2D eigenvalue weighted by atomic mass is 10.2. The predicted molar refractivity (Wildman–Crippen MR) is 75.0 cm³/mol. The summed E-state index contributed by atoms with van der Waals surface area (Å²) in [7, 11) is 0. The van der Waals surface area contributed by atoms with E-state index in [1.54, 1.807) is 29.2 Å².